The van der Waals surface area contributed by atoms with Gasteiger partial charge in [-0.3, -0.25) is 9.59 Å². The Kier molecular flexibility index (Phi) is 7.99. The van der Waals surface area contributed by atoms with Crippen molar-refractivity contribution in [1.82, 2.24) is 10.2 Å². The van der Waals surface area contributed by atoms with Crippen molar-refractivity contribution >= 4 is 45.8 Å². The van der Waals surface area contributed by atoms with Gasteiger partial charge in [0.25, 0.3) is 5.91 Å². The molecule has 3 aromatic carbocycles. The van der Waals surface area contributed by atoms with Crippen LogP contribution in [-0.4, -0.2) is 35.4 Å². The molecule has 0 aliphatic rings. The van der Waals surface area contributed by atoms with E-state index in [1.807, 2.05) is 56.3 Å². The third kappa shape index (κ3) is 5.93. The third-order valence-electron chi connectivity index (χ3n) is 5.04. The number of carbonyl (C=O) groups excluding carboxylic acids is 2. The first-order valence-electron chi connectivity index (χ1n) is 10.4. The van der Waals surface area contributed by atoms with Crippen LogP contribution in [0.4, 0.5) is 0 Å². The molecule has 0 unspecified atom stereocenters. The van der Waals surface area contributed by atoms with Gasteiger partial charge in [0.15, 0.2) is 6.61 Å². The second-order valence-corrected chi connectivity index (χ2v) is 8.69. The maximum Gasteiger partial charge on any atom is 0.261 e. The molecule has 0 saturated heterocycles. The molecule has 0 saturated carbocycles. The van der Waals surface area contributed by atoms with E-state index in [-0.39, 0.29) is 31.0 Å². The van der Waals surface area contributed by atoms with Crippen LogP contribution in [0.5, 0.6) is 5.75 Å². The lowest BCUT2D eigenvalue weighted by atomic mass is 10.1. The van der Waals surface area contributed by atoms with Crippen molar-refractivity contribution in [3.8, 4) is 5.75 Å². The topological polar surface area (TPSA) is 58.6 Å². The zero-order valence-electron chi connectivity index (χ0n) is 18.3. The van der Waals surface area contributed by atoms with Crippen molar-refractivity contribution in [1.29, 1.82) is 0 Å². The highest BCUT2D eigenvalue weighted by Crippen LogP contribution is 2.26. The quantitative estimate of drug-likeness (QED) is 0.472. The second kappa shape index (κ2) is 10.7. The van der Waals surface area contributed by atoms with Gasteiger partial charge in [-0.2, -0.15) is 0 Å². The van der Waals surface area contributed by atoms with Gasteiger partial charge in [-0.05, 0) is 49.9 Å². The molecule has 5 nitrogen and oxygen atoms in total. The number of nitrogens with one attached hydrogen (secondary N) is 1. The van der Waals surface area contributed by atoms with E-state index in [2.05, 4.69) is 5.32 Å². The average Bonchev–Trinajstić information content (AvgIpc) is 2.77. The molecule has 32 heavy (non-hydrogen) atoms. The van der Waals surface area contributed by atoms with Crippen LogP contribution in [0.3, 0.4) is 0 Å². The van der Waals surface area contributed by atoms with Crippen LogP contribution in [0.1, 0.15) is 26.3 Å². The number of benzene rings is 3. The third-order valence-corrected chi connectivity index (χ3v) is 5.77. The number of nitrogens with zero attached hydrogens (tertiary/aromatic N) is 1. The molecule has 2 amide bonds. The fourth-order valence-electron chi connectivity index (χ4n) is 3.37. The normalized spacial score (nSPS) is 11.9. The van der Waals surface area contributed by atoms with E-state index in [0.717, 1.165) is 16.3 Å². The van der Waals surface area contributed by atoms with Gasteiger partial charge < -0.3 is 15.0 Å². The van der Waals surface area contributed by atoms with Crippen LogP contribution in [0.2, 0.25) is 10.0 Å². The lowest BCUT2D eigenvalue weighted by Gasteiger charge is -2.29. The molecular formula is C25H26Cl2N2O3. The first kappa shape index (κ1) is 23.9. The summed E-state index contributed by atoms with van der Waals surface area (Å²) in [6.07, 6.45) is 0. The van der Waals surface area contributed by atoms with Crippen molar-refractivity contribution in [2.24, 2.45) is 0 Å². The summed E-state index contributed by atoms with van der Waals surface area (Å²) in [7, 11) is 0. The van der Waals surface area contributed by atoms with Gasteiger partial charge in [0.2, 0.25) is 5.91 Å². The minimum absolute atomic E-state index is 0.0428. The zero-order valence-corrected chi connectivity index (χ0v) is 19.8. The predicted molar refractivity (Wildman–Crippen MR) is 129 cm³/mol. The number of hydrogen-bond acceptors (Lipinski definition) is 3. The van der Waals surface area contributed by atoms with Crippen LogP contribution in [0, 0.1) is 0 Å². The van der Waals surface area contributed by atoms with Crippen LogP contribution in [0.15, 0.2) is 60.7 Å². The summed E-state index contributed by atoms with van der Waals surface area (Å²) in [5, 5.41) is 5.63. The molecule has 0 aliphatic heterocycles. The van der Waals surface area contributed by atoms with E-state index >= 15 is 0 Å². The minimum Gasteiger partial charge on any atom is -0.483 e. The molecule has 0 aliphatic carbocycles. The molecule has 0 heterocycles. The Morgan fingerprint density at radius 1 is 0.969 bits per heavy atom. The number of halogens is 2. The number of carbonyl (C=O) groups is 2. The Balaban J connectivity index is 1.81. The molecule has 1 atom stereocenters. The smallest absolute Gasteiger partial charge is 0.261 e. The number of hydrogen-bond donors (Lipinski definition) is 1. The van der Waals surface area contributed by atoms with Crippen molar-refractivity contribution in [3.05, 3.63) is 76.3 Å². The minimum atomic E-state index is -0.699. The second-order valence-electron chi connectivity index (χ2n) is 7.88. The van der Waals surface area contributed by atoms with Crippen molar-refractivity contribution < 1.29 is 14.3 Å². The van der Waals surface area contributed by atoms with Crippen LogP contribution in [0.25, 0.3) is 10.8 Å². The Hall–Kier alpha value is -2.76. The summed E-state index contributed by atoms with van der Waals surface area (Å²) >= 11 is 12.2. The van der Waals surface area contributed by atoms with Crippen LogP contribution in [-0.2, 0) is 16.1 Å². The molecule has 0 spiro atoms. The lowest BCUT2D eigenvalue weighted by Crippen LogP contribution is -2.50. The van der Waals surface area contributed by atoms with Crippen molar-refractivity contribution in [3.63, 3.8) is 0 Å². The molecule has 7 heteroatoms. The van der Waals surface area contributed by atoms with Gasteiger partial charge in [0.1, 0.15) is 11.8 Å². The van der Waals surface area contributed by atoms with Crippen molar-refractivity contribution in [2.45, 2.75) is 39.4 Å². The lowest BCUT2D eigenvalue weighted by molar-refractivity contribution is -0.142. The maximum atomic E-state index is 13.2. The van der Waals surface area contributed by atoms with Crippen LogP contribution >= 0.6 is 23.2 Å². The Morgan fingerprint density at radius 3 is 2.41 bits per heavy atom. The highest BCUT2D eigenvalue weighted by Gasteiger charge is 2.27. The maximum absolute atomic E-state index is 13.2. The summed E-state index contributed by atoms with van der Waals surface area (Å²) in [6.45, 7) is 5.44. The molecule has 168 valence electrons. The summed E-state index contributed by atoms with van der Waals surface area (Å²) in [5.41, 5.74) is 0.766. The molecule has 3 rings (SSSR count). The average molecular weight is 473 g/mol. The molecule has 0 fully saturated rings. The Morgan fingerprint density at radius 2 is 1.69 bits per heavy atom. The molecule has 1 N–H and O–H groups in total. The van der Waals surface area contributed by atoms with E-state index < -0.39 is 6.04 Å². The van der Waals surface area contributed by atoms with E-state index in [1.165, 1.54) is 4.90 Å². The van der Waals surface area contributed by atoms with E-state index in [1.54, 1.807) is 25.1 Å². The van der Waals surface area contributed by atoms with E-state index in [9.17, 15) is 9.59 Å². The largest absolute Gasteiger partial charge is 0.483 e. The fraction of sp³-hybridized carbons (Fsp3) is 0.280. The number of amides is 2. The van der Waals surface area contributed by atoms with Gasteiger partial charge in [0.05, 0.1) is 10.0 Å². The molecular weight excluding hydrogens is 447 g/mol. The summed E-state index contributed by atoms with van der Waals surface area (Å²) < 4.78 is 5.88. The summed E-state index contributed by atoms with van der Waals surface area (Å²) in [5.74, 6) is 0.0687. The van der Waals surface area contributed by atoms with Gasteiger partial charge in [0, 0.05) is 18.0 Å². The fourth-order valence-corrected chi connectivity index (χ4v) is 3.69. The Bertz CT molecular complexity index is 1110. The SMILES string of the molecule is CC(C)NC(=O)[C@H](C)N(Cc1ccc(Cl)c(Cl)c1)C(=O)COc1cccc2ccccc12. The van der Waals surface area contributed by atoms with Crippen LogP contribution < -0.4 is 10.1 Å². The van der Waals surface area contributed by atoms with Gasteiger partial charge >= 0.3 is 0 Å². The highest BCUT2D eigenvalue weighted by atomic mass is 35.5. The number of ether oxygens (including phenoxy) is 1. The first-order valence-corrected chi connectivity index (χ1v) is 11.2. The zero-order chi connectivity index (χ0) is 23.3. The molecule has 0 bridgehead atoms. The summed E-state index contributed by atoms with van der Waals surface area (Å²) in [6, 6.07) is 17.9. The summed E-state index contributed by atoms with van der Waals surface area (Å²) in [4.78, 5) is 27.4. The first-order chi connectivity index (χ1) is 15.3. The molecule has 0 radical (unpaired) electrons. The van der Waals surface area contributed by atoms with Crippen molar-refractivity contribution in [2.75, 3.05) is 6.61 Å². The number of rotatable bonds is 8. The standard InChI is InChI=1S/C25H26Cl2N2O3/c1-16(2)28-25(31)17(3)29(14-18-11-12-21(26)22(27)13-18)24(30)15-32-23-10-6-8-19-7-4-5-9-20(19)23/h4-13,16-17H,14-15H2,1-3H3,(H,28,31)/t17-/m0/s1. The van der Waals surface area contributed by atoms with E-state index in [4.69, 9.17) is 27.9 Å². The highest BCUT2D eigenvalue weighted by molar-refractivity contribution is 6.42. The van der Waals surface area contributed by atoms with Gasteiger partial charge in [-0.15, -0.1) is 0 Å². The number of fused-ring (bicyclic) bond motifs is 1. The molecule has 0 aromatic heterocycles. The molecule has 3 aromatic rings. The van der Waals surface area contributed by atoms with Gasteiger partial charge in [-0.1, -0.05) is 65.7 Å². The predicted octanol–water partition coefficient (Wildman–Crippen LogP) is 5.47. The van der Waals surface area contributed by atoms with Gasteiger partial charge in [-0.25, -0.2) is 0 Å². The Labute approximate surface area is 198 Å². The van der Waals surface area contributed by atoms with E-state index in [0.29, 0.717) is 15.8 Å². The monoisotopic (exact) mass is 472 g/mol.